The largest absolute Gasteiger partial charge is 0.372 e. The molecule has 1 amide bonds. The lowest BCUT2D eigenvalue weighted by Crippen LogP contribution is -2.47. The van der Waals surface area contributed by atoms with Crippen molar-refractivity contribution in [1.29, 1.82) is 0 Å². The monoisotopic (exact) mass is 478 g/mol. The van der Waals surface area contributed by atoms with E-state index in [0.717, 1.165) is 10.0 Å². The maximum Gasteiger partial charge on any atom is 0.279 e. The fraction of sp³-hybridized carbons (Fsp3) is 0.0952. The maximum absolute atomic E-state index is 13.1. The lowest BCUT2D eigenvalue weighted by atomic mass is 9.85. The van der Waals surface area contributed by atoms with Crippen LogP contribution in [0.3, 0.4) is 0 Å². The molecule has 0 aromatic heterocycles. The standard InChI is InChI=1S/C21H17BrCl2N2O2/c1-13-2-11-19(18(22)12-13)25-26-20(27)21(28,14-3-7-16(23)8-4-14)15-5-9-17(24)10-6-15/h2-12,25,28H,1H3,(H,26,27). The molecular weight excluding hydrogens is 463 g/mol. The van der Waals surface area contributed by atoms with Crippen molar-refractivity contribution in [3.05, 3.63) is 97.9 Å². The zero-order valence-corrected chi connectivity index (χ0v) is 17.9. The molecule has 3 N–H and O–H groups in total. The molecule has 0 bridgehead atoms. The van der Waals surface area contributed by atoms with Crippen LogP contribution in [0.4, 0.5) is 5.69 Å². The highest BCUT2D eigenvalue weighted by atomic mass is 79.9. The third-order valence-corrected chi connectivity index (χ3v) is 5.45. The van der Waals surface area contributed by atoms with Crippen molar-refractivity contribution in [2.45, 2.75) is 12.5 Å². The van der Waals surface area contributed by atoms with Gasteiger partial charge in [0.2, 0.25) is 0 Å². The number of aryl methyl sites for hydroxylation is 1. The minimum Gasteiger partial charge on any atom is -0.372 e. The number of amides is 1. The van der Waals surface area contributed by atoms with Crippen molar-refractivity contribution in [1.82, 2.24) is 5.43 Å². The molecule has 7 heteroatoms. The van der Waals surface area contributed by atoms with Gasteiger partial charge in [0.05, 0.1) is 5.69 Å². The van der Waals surface area contributed by atoms with E-state index in [9.17, 15) is 9.90 Å². The van der Waals surface area contributed by atoms with E-state index in [0.29, 0.717) is 26.9 Å². The Morgan fingerprint density at radius 3 is 1.89 bits per heavy atom. The summed E-state index contributed by atoms with van der Waals surface area (Å²) in [6.45, 7) is 1.97. The first-order valence-electron chi connectivity index (χ1n) is 8.38. The molecule has 3 aromatic carbocycles. The Morgan fingerprint density at radius 1 is 0.929 bits per heavy atom. The third-order valence-electron chi connectivity index (χ3n) is 4.29. The van der Waals surface area contributed by atoms with Crippen LogP contribution in [0.25, 0.3) is 0 Å². The van der Waals surface area contributed by atoms with Crippen molar-refractivity contribution in [2.24, 2.45) is 0 Å². The van der Waals surface area contributed by atoms with E-state index in [1.807, 2.05) is 25.1 Å². The maximum atomic E-state index is 13.1. The summed E-state index contributed by atoms with van der Waals surface area (Å²) in [4.78, 5) is 13.1. The second-order valence-corrected chi connectivity index (χ2v) is 8.01. The number of hydrazine groups is 1. The molecule has 0 saturated carbocycles. The smallest absolute Gasteiger partial charge is 0.279 e. The van der Waals surface area contributed by atoms with E-state index < -0.39 is 11.5 Å². The Hall–Kier alpha value is -2.05. The molecule has 3 rings (SSSR count). The molecule has 0 heterocycles. The summed E-state index contributed by atoms with van der Waals surface area (Å²) in [5.74, 6) is -0.649. The van der Waals surface area contributed by atoms with Crippen LogP contribution >= 0.6 is 39.1 Å². The number of halogens is 3. The Kier molecular flexibility index (Phi) is 6.30. The van der Waals surface area contributed by atoms with Gasteiger partial charge in [-0.15, -0.1) is 0 Å². The molecule has 0 atom stereocenters. The average Bonchev–Trinajstić information content (AvgIpc) is 2.67. The molecule has 0 unspecified atom stereocenters. The van der Waals surface area contributed by atoms with Gasteiger partial charge < -0.3 is 5.11 Å². The highest BCUT2D eigenvalue weighted by molar-refractivity contribution is 9.10. The number of carbonyl (C=O) groups is 1. The number of benzene rings is 3. The molecule has 3 aromatic rings. The fourth-order valence-corrected chi connectivity index (χ4v) is 3.59. The SMILES string of the molecule is Cc1ccc(NNC(=O)C(O)(c2ccc(Cl)cc2)c2ccc(Cl)cc2)c(Br)c1. The second kappa shape index (κ2) is 8.53. The van der Waals surface area contributed by atoms with Crippen LogP contribution in [0.1, 0.15) is 16.7 Å². The summed E-state index contributed by atoms with van der Waals surface area (Å²) >= 11 is 15.4. The van der Waals surface area contributed by atoms with E-state index >= 15 is 0 Å². The normalized spacial score (nSPS) is 11.2. The first-order chi connectivity index (χ1) is 13.3. The molecule has 0 radical (unpaired) electrons. The molecule has 0 saturated heterocycles. The van der Waals surface area contributed by atoms with Gasteiger partial charge in [0.1, 0.15) is 0 Å². The summed E-state index contributed by atoms with van der Waals surface area (Å²) in [6, 6.07) is 18.6. The van der Waals surface area contributed by atoms with Crippen molar-refractivity contribution in [3.63, 3.8) is 0 Å². The first-order valence-corrected chi connectivity index (χ1v) is 9.92. The lowest BCUT2D eigenvalue weighted by molar-refractivity contribution is -0.136. The van der Waals surface area contributed by atoms with E-state index in [1.165, 1.54) is 0 Å². The van der Waals surface area contributed by atoms with Crippen LogP contribution in [-0.4, -0.2) is 11.0 Å². The van der Waals surface area contributed by atoms with E-state index in [1.54, 1.807) is 48.5 Å². The molecular formula is C21H17BrCl2N2O2. The van der Waals surface area contributed by atoms with Crippen LogP contribution in [0.2, 0.25) is 10.0 Å². The van der Waals surface area contributed by atoms with Gasteiger partial charge in [-0.3, -0.25) is 15.6 Å². The quantitative estimate of drug-likeness (QED) is 0.427. The molecule has 0 aliphatic rings. The van der Waals surface area contributed by atoms with Crippen molar-refractivity contribution < 1.29 is 9.90 Å². The summed E-state index contributed by atoms with van der Waals surface area (Å²) < 4.78 is 0.786. The van der Waals surface area contributed by atoms with Crippen molar-refractivity contribution in [3.8, 4) is 0 Å². The average molecular weight is 480 g/mol. The zero-order chi connectivity index (χ0) is 20.3. The van der Waals surface area contributed by atoms with Gasteiger partial charge in [-0.05, 0) is 75.9 Å². The van der Waals surface area contributed by atoms with Crippen LogP contribution in [-0.2, 0) is 10.4 Å². The Balaban J connectivity index is 1.94. The lowest BCUT2D eigenvalue weighted by Gasteiger charge is -2.28. The third kappa shape index (κ3) is 4.33. The van der Waals surface area contributed by atoms with Gasteiger partial charge in [0.15, 0.2) is 5.60 Å². The molecule has 0 aliphatic carbocycles. The summed E-state index contributed by atoms with van der Waals surface area (Å²) in [5.41, 5.74) is 5.98. The molecule has 144 valence electrons. The number of hydrogen-bond acceptors (Lipinski definition) is 3. The topological polar surface area (TPSA) is 61.4 Å². The predicted molar refractivity (Wildman–Crippen MR) is 117 cm³/mol. The molecule has 28 heavy (non-hydrogen) atoms. The summed E-state index contributed by atoms with van der Waals surface area (Å²) in [5, 5.41) is 12.5. The molecule has 4 nitrogen and oxygen atoms in total. The minimum absolute atomic E-state index is 0.376. The van der Waals surface area contributed by atoms with Crippen LogP contribution in [0.5, 0.6) is 0 Å². The van der Waals surface area contributed by atoms with Gasteiger partial charge in [0, 0.05) is 14.5 Å². The Labute approximate surface area is 181 Å². The predicted octanol–water partition coefficient (Wildman–Crippen LogP) is 5.44. The van der Waals surface area contributed by atoms with Crippen LogP contribution in [0.15, 0.2) is 71.2 Å². The first kappa shape index (κ1) is 20.7. The highest BCUT2D eigenvalue weighted by Crippen LogP contribution is 2.32. The van der Waals surface area contributed by atoms with Crippen LogP contribution < -0.4 is 10.9 Å². The summed E-state index contributed by atoms with van der Waals surface area (Å²) in [7, 11) is 0. The Bertz CT molecular complexity index is 947. The van der Waals surface area contributed by atoms with E-state index in [-0.39, 0.29) is 0 Å². The van der Waals surface area contributed by atoms with Gasteiger partial charge >= 0.3 is 0 Å². The fourth-order valence-electron chi connectivity index (χ4n) is 2.75. The number of aliphatic hydroxyl groups is 1. The highest BCUT2D eigenvalue weighted by Gasteiger charge is 2.40. The Morgan fingerprint density at radius 2 is 1.43 bits per heavy atom. The number of nitrogens with one attached hydrogen (secondary N) is 2. The number of hydrogen-bond donors (Lipinski definition) is 3. The number of anilines is 1. The number of carbonyl (C=O) groups excluding carboxylic acids is 1. The van der Waals surface area contributed by atoms with Crippen molar-refractivity contribution in [2.75, 3.05) is 5.43 Å². The van der Waals surface area contributed by atoms with Gasteiger partial charge in [-0.2, -0.15) is 0 Å². The second-order valence-electron chi connectivity index (χ2n) is 6.29. The van der Waals surface area contributed by atoms with E-state index in [4.69, 9.17) is 23.2 Å². The van der Waals surface area contributed by atoms with Crippen molar-refractivity contribution >= 4 is 50.7 Å². The number of rotatable bonds is 5. The zero-order valence-electron chi connectivity index (χ0n) is 14.8. The molecule has 0 fully saturated rings. The van der Waals surface area contributed by atoms with Gasteiger partial charge in [-0.1, -0.05) is 53.5 Å². The minimum atomic E-state index is -1.95. The molecule has 0 aliphatic heterocycles. The van der Waals surface area contributed by atoms with Gasteiger partial charge in [0.25, 0.3) is 5.91 Å². The molecule has 0 spiro atoms. The van der Waals surface area contributed by atoms with Crippen LogP contribution in [0, 0.1) is 6.92 Å². The summed E-state index contributed by atoms with van der Waals surface area (Å²) in [6.07, 6.45) is 0. The van der Waals surface area contributed by atoms with E-state index in [2.05, 4.69) is 26.8 Å². The van der Waals surface area contributed by atoms with Gasteiger partial charge in [-0.25, -0.2) is 0 Å².